The van der Waals surface area contributed by atoms with Crippen molar-refractivity contribution in [3.05, 3.63) is 53.3 Å². The van der Waals surface area contributed by atoms with Crippen LogP contribution in [-0.2, 0) is 21.9 Å². The fourth-order valence-electron chi connectivity index (χ4n) is 2.34. The van der Waals surface area contributed by atoms with E-state index in [4.69, 9.17) is 4.42 Å². The molecule has 140 valence electrons. The van der Waals surface area contributed by atoms with Gasteiger partial charge in [-0.05, 0) is 36.8 Å². The van der Waals surface area contributed by atoms with Crippen LogP contribution < -0.4 is 0 Å². The number of alkyl halides is 6. The highest BCUT2D eigenvalue weighted by molar-refractivity contribution is 5.87. The summed E-state index contributed by atoms with van der Waals surface area (Å²) in [5.41, 5.74) is -5.35. The largest absolute Gasteiger partial charge is 0.464 e. The van der Waals surface area contributed by atoms with Crippen molar-refractivity contribution in [1.82, 2.24) is 0 Å². The van der Waals surface area contributed by atoms with Crippen LogP contribution in [0.25, 0.3) is 17.4 Å². The molecule has 2 aromatic rings. The molecule has 0 unspecified atom stereocenters. The molecule has 0 radical (unpaired) electrons. The number of furan rings is 1. The highest BCUT2D eigenvalue weighted by atomic mass is 19.4. The zero-order chi connectivity index (χ0) is 19.5. The quantitative estimate of drug-likeness (QED) is 0.397. The highest BCUT2D eigenvalue weighted by Crippen LogP contribution is 2.47. The van der Waals surface area contributed by atoms with Gasteiger partial charge >= 0.3 is 18.3 Å². The number of halogens is 6. The van der Waals surface area contributed by atoms with Crippen molar-refractivity contribution in [3.8, 4) is 11.3 Å². The molecule has 0 aliphatic heterocycles. The Morgan fingerprint density at radius 2 is 1.73 bits per heavy atom. The predicted octanol–water partition coefficient (Wildman–Crippen LogP) is 5.56. The molecule has 3 nitrogen and oxygen atoms in total. The van der Waals surface area contributed by atoms with Gasteiger partial charge in [0.1, 0.15) is 5.76 Å². The van der Waals surface area contributed by atoms with E-state index < -0.39 is 40.6 Å². The van der Waals surface area contributed by atoms with Crippen LogP contribution in [0.5, 0.6) is 0 Å². The number of benzene rings is 1. The van der Waals surface area contributed by atoms with Crippen molar-refractivity contribution >= 4 is 12.0 Å². The van der Waals surface area contributed by atoms with Crippen LogP contribution in [0.3, 0.4) is 0 Å². The van der Waals surface area contributed by atoms with Gasteiger partial charge in [0.05, 0.1) is 24.0 Å². The molecule has 1 aromatic carbocycles. The number of rotatable bonds is 4. The fourth-order valence-corrected chi connectivity index (χ4v) is 2.34. The minimum Gasteiger partial charge on any atom is -0.464 e. The van der Waals surface area contributed by atoms with Gasteiger partial charge in [0.15, 0.2) is 0 Å². The standard InChI is InChI=1S/C17H12F6O3/c1-2-25-13(24)8-6-10-5-7-11(12-4-3-9-26-12)15(17(21,22)23)14(10)16(18,19)20/h3-9H,2H2,1H3/b8-6-. The molecule has 0 atom stereocenters. The Bertz CT molecular complexity index is 801. The van der Waals surface area contributed by atoms with E-state index in [1.165, 1.54) is 13.0 Å². The third-order valence-corrected chi connectivity index (χ3v) is 3.28. The molecule has 0 fully saturated rings. The molecular formula is C17H12F6O3. The van der Waals surface area contributed by atoms with Crippen LogP contribution in [0, 0.1) is 0 Å². The topological polar surface area (TPSA) is 39.4 Å². The molecule has 0 bridgehead atoms. The van der Waals surface area contributed by atoms with Crippen molar-refractivity contribution in [3.63, 3.8) is 0 Å². The van der Waals surface area contributed by atoms with Gasteiger partial charge < -0.3 is 9.15 Å². The summed E-state index contributed by atoms with van der Waals surface area (Å²) < 4.78 is 90.1. The van der Waals surface area contributed by atoms with Crippen molar-refractivity contribution in [1.29, 1.82) is 0 Å². The molecule has 0 saturated heterocycles. The van der Waals surface area contributed by atoms with Crippen LogP contribution in [-0.4, -0.2) is 12.6 Å². The molecule has 1 heterocycles. The Morgan fingerprint density at radius 3 is 2.23 bits per heavy atom. The molecule has 0 aliphatic carbocycles. The van der Waals surface area contributed by atoms with E-state index >= 15 is 0 Å². The second-order valence-electron chi connectivity index (χ2n) is 5.01. The monoisotopic (exact) mass is 378 g/mol. The van der Waals surface area contributed by atoms with E-state index in [1.807, 2.05) is 0 Å². The predicted molar refractivity (Wildman–Crippen MR) is 79.8 cm³/mol. The van der Waals surface area contributed by atoms with Gasteiger partial charge in [-0.25, -0.2) is 4.79 Å². The third-order valence-electron chi connectivity index (χ3n) is 3.28. The summed E-state index contributed by atoms with van der Waals surface area (Å²) in [5, 5.41) is 0. The van der Waals surface area contributed by atoms with Crippen molar-refractivity contribution in [2.45, 2.75) is 19.3 Å². The van der Waals surface area contributed by atoms with E-state index in [0.29, 0.717) is 12.2 Å². The first kappa shape index (κ1) is 19.6. The van der Waals surface area contributed by atoms with Crippen molar-refractivity contribution in [2.24, 2.45) is 0 Å². The molecule has 0 saturated carbocycles. The molecule has 0 spiro atoms. The van der Waals surface area contributed by atoms with Crippen LogP contribution in [0.4, 0.5) is 26.3 Å². The van der Waals surface area contributed by atoms with E-state index in [2.05, 4.69) is 4.74 Å². The van der Waals surface area contributed by atoms with Crippen LogP contribution >= 0.6 is 0 Å². The molecule has 0 amide bonds. The van der Waals surface area contributed by atoms with Gasteiger partial charge in [0.25, 0.3) is 0 Å². The number of carbonyl (C=O) groups excluding carboxylic acids is 1. The molecule has 0 aliphatic rings. The molecule has 26 heavy (non-hydrogen) atoms. The second-order valence-corrected chi connectivity index (χ2v) is 5.01. The summed E-state index contributed by atoms with van der Waals surface area (Å²) in [6, 6.07) is 4.09. The summed E-state index contributed by atoms with van der Waals surface area (Å²) in [6.07, 6.45) is -8.29. The van der Waals surface area contributed by atoms with E-state index in [9.17, 15) is 31.1 Å². The van der Waals surface area contributed by atoms with E-state index in [-0.39, 0.29) is 12.4 Å². The lowest BCUT2D eigenvalue weighted by Crippen LogP contribution is -2.19. The zero-order valence-electron chi connectivity index (χ0n) is 13.2. The van der Waals surface area contributed by atoms with Crippen molar-refractivity contribution in [2.75, 3.05) is 6.61 Å². The second kappa shape index (κ2) is 7.27. The zero-order valence-corrected chi connectivity index (χ0v) is 13.2. The average Bonchev–Trinajstić information content (AvgIpc) is 3.04. The normalized spacial score (nSPS) is 12.6. The molecule has 2 rings (SSSR count). The van der Waals surface area contributed by atoms with Crippen LogP contribution in [0.2, 0.25) is 0 Å². The summed E-state index contributed by atoms with van der Waals surface area (Å²) in [5.74, 6) is -1.33. The number of ether oxygens (including phenoxy) is 1. The fraction of sp³-hybridized carbons (Fsp3) is 0.235. The Kier molecular flexibility index (Phi) is 5.48. The maximum atomic E-state index is 13.5. The highest BCUT2D eigenvalue weighted by Gasteiger charge is 2.46. The summed E-state index contributed by atoms with van der Waals surface area (Å²) >= 11 is 0. The Morgan fingerprint density at radius 1 is 1.08 bits per heavy atom. The van der Waals surface area contributed by atoms with E-state index in [1.54, 1.807) is 0 Å². The lowest BCUT2D eigenvalue weighted by molar-refractivity contribution is -0.161. The van der Waals surface area contributed by atoms with Gasteiger partial charge in [0.2, 0.25) is 0 Å². The SMILES string of the molecule is CCOC(=O)/C=C\c1ccc(-c2ccco2)c(C(F)(F)F)c1C(F)(F)F. The average molecular weight is 378 g/mol. The van der Waals surface area contributed by atoms with E-state index in [0.717, 1.165) is 24.5 Å². The summed E-state index contributed by atoms with van der Waals surface area (Å²) in [7, 11) is 0. The lowest BCUT2D eigenvalue weighted by atomic mass is 9.93. The molecule has 1 aromatic heterocycles. The molecule has 9 heteroatoms. The summed E-state index contributed by atoms with van der Waals surface area (Å²) in [6.45, 7) is 1.45. The molecule has 0 N–H and O–H groups in total. The first-order chi connectivity index (χ1) is 12.1. The Labute approximate surface area is 143 Å². The number of esters is 1. The minimum absolute atomic E-state index is 0.0272. The lowest BCUT2D eigenvalue weighted by Gasteiger charge is -2.20. The van der Waals surface area contributed by atoms with Crippen LogP contribution in [0.15, 0.2) is 41.0 Å². The van der Waals surface area contributed by atoms with Crippen LogP contribution in [0.1, 0.15) is 23.6 Å². The molecular weight excluding hydrogens is 366 g/mol. The first-order valence-corrected chi connectivity index (χ1v) is 7.25. The maximum Gasteiger partial charge on any atom is 0.417 e. The smallest absolute Gasteiger partial charge is 0.417 e. The van der Waals surface area contributed by atoms with Gasteiger partial charge in [-0.3, -0.25) is 0 Å². The summed E-state index contributed by atoms with van der Waals surface area (Å²) in [4.78, 5) is 11.3. The van der Waals surface area contributed by atoms with Crippen molar-refractivity contribution < 1.29 is 40.3 Å². The Balaban J connectivity index is 2.74. The van der Waals surface area contributed by atoms with Gasteiger partial charge in [-0.2, -0.15) is 26.3 Å². The van der Waals surface area contributed by atoms with Gasteiger partial charge in [0, 0.05) is 11.6 Å². The minimum atomic E-state index is -5.32. The first-order valence-electron chi connectivity index (χ1n) is 7.25. The van der Waals surface area contributed by atoms with Gasteiger partial charge in [-0.1, -0.05) is 6.07 Å². The number of carbonyl (C=O) groups is 1. The number of hydrogen-bond donors (Lipinski definition) is 0. The maximum absolute atomic E-state index is 13.5. The Hall–Kier alpha value is -2.71. The van der Waals surface area contributed by atoms with Gasteiger partial charge in [-0.15, -0.1) is 0 Å². The number of hydrogen-bond acceptors (Lipinski definition) is 3. The third kappa shape index (κ3) is 4.27.